The first kappa shape index (κ1) is 22.7. The summed E-state index contributed by atoms with van der Waals surface area (Å²) in [5.41, 5.74) is 1.000. The van der Waals surface area contributed by atoms with Crippen LogP contribution in [0.1, 0.15) is 17.3 Å². The van der Waals surface area contributed by atoms with Crippen LogP contribution in [0.25, 0.3) is 0 Å². The van der Waals surface area contributed by atoms with Gasteiger partial charge in [0.05, 0.1) is 11.4 Å². The van der Waals surface area contributed by atoms with E-state index in [0.717, 1.165) is 5.69 Å². The maximum absolute atomic E-state index is 13.1. The lowest BCUT2D eigenvalue weighted by Gasteiger charge is -2.35. The maximum atomic E-state index is 13.1. The second kappa shape index (κ2) is 9.88. The van der Waals surface area contributed by atoms with Gasteiger partial charge in [-0.2, -0.15) is 4.31 Å². The van der Waals surface area contributed by atoms with Crippen molar-refractivity contribution in [2.45, 2.75) is 11.8 Å². The van der Waals surface area contributed by atoms with Crippen molar-refractivity contribution in [3.05, 3.63) is 59.9 Å². The molecule has 1 heterocycles. The number of sulfonamides is 1. The number of piperazine rings is 1. The van der Waals surface area contributed by atoms with E-state index in [0.29, 0.717) is 19.6 Å². The molecule has 0 atom stereocenters. The van der Waals surface area contributed by atoms with E-state index in [1.54, 1.807) is 19.1 Å². The molecule has 0 aromatic heterocycles. The van der Waals surface area contributed by atoms with Crippen molar-refractivity contribution in [3.63, 3.8) is 0 Å². The third-order valence-electron chi connectivity index (χ3n) is 4.95. The van der Waals surface area contributed by atoms with Crippen molar-refractivity contribution in [1.82, 2.24) is 14.9 Å². The van der Waals surface area contributed by atoms with E-state index < -0.39 is 15.9 Å². The van der Waals surface area contributed by atoms with Crippen LogP contribution in [-0.4, -0.2) is 63.8 Å². The Hall–Kier alpha value is -2.98. The zero-order valence-electron chi connectivity index (χ0n) is 17.2. The number of halogens is 1. The molecular formula is C21H25FN4O4S. The Morgan fingerprint density at radius 1 is 1.00 bits per heavy atom. The van der Waals surface area contributed by atoms with Crippen molar-refractivity contribution in [3.8, 4) is 0 Å². The summed E-state index contributed by atoms with van der Waals surface area (Å²) in [6.07, 6.45) is 0. The minimum atomic E-state index is -3.78. The zero-order chi connectivity index (χ0) is 22.4. The smallest absolute Gasteiger partial charge is 0.251 e. The fraction of sp³-hybridized carbons (Fsp3) is 0.333. The quantitative estimate of drug-likeness (QED) is 0.663. The highest BCUT2D eigenvalue weighted by molar-refractivity contribution is 7.89. The summed E-state index contributed by atoms with van der Waals surface area (Å²) in [5, 5.41) is 5.05. The number of benzene rings is 2. The topological polar surface area (TPSA) is 98.8 Å². The Morgan fingerprint density at radius 2 is 1.68 bits per heavy atom. The van der Waals surface area contributed by atoms with E-state index in [2.05, 4.69) is 10.6 Å². The van der Waals surface area contributed by atoms with E-state index in [1.807, 2.05) is 4.90 Å². The molecule has 1 aliphatic rings. The van der Waals surface area contributed by atoms with Crippen molar-refractivity contribution < 1.29 is 22.4 Å². The van der Waals surface area contributed by atoms with Crippen LogP contribution >= 0.6 is 0 Å². The van der Waals surface area contributed by atoms with Gasteiger partial charge in [-0.3, -0.25) is 9.59 Å². The Bertz CT molecular complexity index is 1040. The normalized spacial score (nSPS) is 14.8. The Labute approximate surface area is 181 Å². The molecule has 1 aliphatic heterocycles. The molecule has 2 aromatic rings. The molecule has 0 radical (unpaired) electrons. The molecule has 31 heavy (non-hydrogen) atoms. The minimum absolute atomic E-state index is 0.0217. The van der Waals surface area contributed by atoms with Gasteiger partial charge in [0.25, 0.3) is 5.91 Å². The monoisotopic (exact) mass is 448 g/mol. The van der Waals surface area contributed by atoms with Gasteiger partial charge in [-0.15, -0.1) is 0 Å². The molecule has 0 saturated carbocycles. The van der Waals surface area contributed by atoms with Crippen molar-refractivity contribution in [2.75, 3.05) is 44.2 Å². The summed E-state index contributed by atoms with van der Waals surface area (Å²) in [6, 6.07) is 11.9. The summed E-state index contributed by atoms with van der Waals surface area (Å²) >= 11 is 0. The fourth-order valence-electron chi connectivity index (χ4n) is 3.31. The molecule has 2 aromatic carbocycles. The van der Waals surface area contributed by atoms with Crippen LogP contribution in [-0.2, 0) is 14.8 Å². The number of anilines is 1. The third-order valence-corrected chi connectivity index (χ3v) is 6.84. The molecule has 1 fully saturated rings. The van der Waals surface area contributed by atoms with E-state index in [4.69, 9.17) is 0 Å². The predicted octanol–water partition coefficient (Wildman–Crippen LogP) is 1.20. The average Bonchev–Trinajstić information content (AvgIpc) is 2.78. The van der Waals surface area contributed by atoms with Gasteiger partial charge in [-0.05, 0) is 49.4 Å². The molecule has 0 aliphatic carbocycles. The van der Waals surface area contributed by atoms with E-state index in [1.165, 1.54) is 40.7 Å². The first-order valence-corrected chi connectivity index (χ1v) is 11.4. The van der Waals surface area contributed by atoms with E-state index >= 15 is 0 Å². The van der Waals surface area contributed by atoms with Crippen LogP contribution in [0.2, 0.25) is 0 Å². The Kier molecular flexibility index (Phi) is 7.24. The SMILES string of the molecule is CCNC(=O)CNC(=O)c1cccc(S(=O)(=O)N2CCN(c3ccc(F)cc3)CC2)c1. The van der Waals surface area contributed by atoms with Crippen LogP contribution in [0.5, 0.6) is 0 Å². The number of nitrogens with one attached hydrogen (secondary N) is 2. The average molecular weight is 449 g/mol. The van der Waals surface area contributed by atoms with Crippen LogP contribution in [0.4, 0.5) is 10.1 Å². The van der Waals surface area contributed by atoms with Gasteiger partial charge in [-0.25, -0.2) is 12.8 Å². The molecule has 166 valence electrons. The number of hydrogen-bond acceptors (Lipinski definition) is 5. The van der Waals surface area contributed by atoms with Crippen LogP contribution in [0, 0.1) is 5.82 Å². The van der Waals surface area contributed by atoms with Gasteiger partial charge in [0, 0.05) is 44.0 Å². The van der Waals surface area contributed by atoms with Crippen molar-refractivity contribution in [2.24, 2.45) is 0 Å². The molecule has 0 spiro atoms. The molecular weight excluding hydrogens is 423 g/mol. The van der Waals surface area contributed by atoms with Gasteiger partial charge in [-0.1, -0.05) is 6.07 Å². The number of likely N-dealkylation sites (N-methyl/N-ethyl adjacent to an activating group) is 1. The predicted molar refractivity (Wildman–Crippen MR) is 115 cm³/mol. The minimum Gasteiger partial charge on any atom is -0.369 e. The number of amides is 2. The maximum Gasteiger partial charge on any atom is 0.251 e. The third kappa shape index (κ3) is 5.59. The van der Waals surface area contributed by atoms with E-state index in [-0.39, 0.29) is 41.8 Å². The number of rotatable bonds is 7. The summed E-state index contributed by atoms with van der Waals surface area (Å²) in [6.45, 7) is 3.52. The van der Waals surface area contributed by atoms with Crippen LogP contribution in [0.3, 0.4) is 0 Å². The Morgan fingerprint density at radius 3 is 2.32 bits per heavy atom. The van der Waals surface area contributed by atoms with Crippen LogP contribution in [0.15, 0.2) is 53.4 Å². The molecule has 0 bridgehead atoms. The summed E-state index contributed by atoms with van der Waals surface area (Å²) in [5.74, 6) is -1.16. The van der Waals surface area contributed by atoms with Crippen molar-refractivity contribution in [1.29, 1.82) is 0 Å². The van der Waals surface area contributed by atoms with Gasteiger partial charge < -0.3 is 15.5 Å². The Balaban J connectivity index is 1.65. The highest BCUT2D eigenvalue weighted by Gasteiger charge is 2.29. The number of nitrogens with zero attached hydrogens (tertiary/aromatic N) is 2. The molecule has 1 saturated heterocycles. The summed E-state index contributed by atoms with van der Waals surface area (Å²) in [4.78, 5) is 25.8. The van der Waals surface area contributed by atoms with Gasteiger partial charge in [0.2, 0.25) is 15.9 Å². The summed E-state index contributed by atoms with van der Waals surface area (Å²) in [7, 11) is -3.78. The first-order valence-electron chi connectivity index (χ1n) is 9.97. The molecule has 0 unspecified atom stereocenters. The zero-order valence-corrected chi connectivity index (χ0v) is 18.0. The van der Waals surface area contributed by atoms with Crippen molar-refractivity contribution >= 4 is 27.5 Å². The second-order valence-electron chi connectivity index (χ2n) is 7.03. The number of carbonyl (C=O) groups excluding carboxylic acids is 2. The van der Waals surface area contributed by atoms with Gasteiger partial charge >= 0.3 is 0 Å². The lowest BCUT2D eigenvalue weighted by atomic mass is 10.2. The lowest BCUT2D eigenvalue weighted by Crippen LogP contribution is -2.48. The second-order valence-corrected chi connectivity index (χ2v) is 8.97. The largest absolute Gasteiger partial charge is 0.369 e. The number of hydrogen-bond donors (Lipinski definition) is 2. The first-order chi connectivity index (χ1) is 14.8. The lowest BCUT2D eigenvalue weighted by molar-refractivity contribution is -0.120. The molecule has 2 amide bonds. The highest BCUT2D eigenvalue weighted by Crippen LogP contribution is 2.22. The molecule has 10 heteroatoms. The fourth-order valence-corrected chi connectivity index (χ4v) is 4.78. The number of carbonyl (C=O) groups is 2. The van der Waals surface area contributed by atoms with Crippen LogP contribution < -0.4 is 15.5 Å². The molecule has 2 N–H and O–H groups in total. The molecule has 3 rings (SSSR count). The van der Waals surface area contributed by atoms with Gasteiger partial charge in [0.15, 0.2) is 0 Å². The van der Waals surface area contributed by atoms with Gasteiger partial charge in [0.1, 0.15) is 5.82 Å². The standard InChI is InChI=1S/C21H25FN4O4S/c1-2-23-20(27)15-24-21(28)16-4-3-5-19(14-16)31(29,30)26-12-10-25(11-13-26)18-8-6-17(22)7-9-18/h3-9,14H,2,10-13,15H2,1H3,(H,23,27)(H,24,28). The van der Waals surface area contributed by atoms with E-state index in [9.17, 15) is 22.4 Å². The highest BCUT2D eigenvalue weighted by atomic mass is 32.2. The molecule has 8 nitrogen and oxygen atoms in total. The summed E-state index contributed by atoms with van der Waals surface area (Å²) < 4.78 is 40.6.